The molecule has 1 rings (SSSR count). The molecule has 17 heavy (non-hydrogen) atoms. The lowest BCUT2D eigenvalue weighted by molar-refractivity contribution is 0.187. The molecule has 0 aliphatic rings. The average Bonchev–Trinajstić information content (AvgIpc) is 2.34. The van der Waals surface area contributed by atoms with Crippen molar-refractivity contribution in [1.29, 1.82) is 5.26 Å². The Morgan fingerprint density at radius 2 is 2.24 bits per heavy atom. The minimum atomic E-state index is -0.313. The average molecular weight is 250 g/mol. The Morgan fingerprint density at radius 1 is 1.53 bits per heavy atom. The van der Waals surface area contributed by atoms with Gasteiger partial charge in [0.1, 0.15) is 6.07 Å². The van der Waals surface area contributed by atoms with E-state index in [4.69, 9.17) is 0 Å². The fourth-order valence-corrected chi connectivity index (χ4v) is 2.19. The van der Waals surface area contributed by atoms with Crippen LogP contribution in [0, 0.1) is 11.3 Å². The van der Waals surface area contributed by atoms with Crippen LogP contribution in [0.5, 0.6) is 0 Å². The maximum absolute atomic E-state index is 9.28. The van der Waals surface area contributed by atoms with Crippen LogP contribution in [0.2, 0.25) is 0 Å². The summed E-state index contributed by atoms with van der Waals surface area (Å²) < 4.78 is 0. The monoisotopic (exact) mass is 250 g/mol. The Bertz CT molecular complexity index is 412. The Morgan fingerprint density at radius 3 is 2.76 bits per heavy atom. The molecular formula is C13H18N2OS. The predicted octanol–water partition coefficient (Wildman–Crippen LogP) is 2.49. The van der Waals surface area contributed by atoms with Crippen LogP contribution in [0.1, 0.15) is 18.9 Å². The van der Waals surface area contributed by atoms with Gasteiger partial charge < -0.3 is 10.0 Å². The third-order valence-corrected chi connectivity index (χ3v) is 3.41. The molecule has 0 radical (unpaired) electrons. The maximum Gasteiger partial charge on any atom is 0.102 e. The van der Waals surface area contributed by atoms with Crippen LogP contribution in [-0.2, 0) is 0 Å². The Hall–Kier alpha value is -1.18. The molecule has 0 amide bonds. The van der Waals surface area contributed by atoms with Crippen LogP contribution in [0.15, 0.2) is 23.1 Å². The van der Waals surface area contributed by atoms with E-state index in [1.54, 1.807) is 18.7 Å². The zero-order valence-electron chi connectivity index (χ0n) is 10.5. The van der Waals surface area contributed by atoms with E-state index in [2.05, 4.69) is 6.07 Å². The van der Waals surface area contributed by atoms with Crippen molar-refractivity contribution >= 4 is 17.4 Å². The Balaban J connectivity index is 2.93. The first-order valence-electron chi connectivity index (χ1n) is 5.56. The number of thioether (sulfide) groups is 1. The number of hydrogen-bond acceptors (Lipinski definition) is 4. The lowest BCUT2D eigenvalue weighted by atomic mass is 10.1. The predicted molar refractivity (Wildman–Crippen MR) is 72.5 cm³/mol. The number of nitrogens with zero attached hydrogens (tertiary/aromatic N) is 2. The molecule has 1 unspecified atom stereocenters. The number of hydrogen-bond donors (Lipinski definition) is 1. The second kappa shape index (κ2) is 6.53. The lowest BCUT2D eigenvalue weighted by Gasteiger charge is -2.22. The third-order valence-electron chi connectivity index (χ3n) is 2.63. The van der Waals surface area contributed by atoms with E-state index in [1.165, 1.54) is 0 Å². The van der Waals surface area contributed by atoms with E-state index in [9.17, 15) is 10.4 Å². The van der Waals surface area contributed by atoms with E-state index < -0.39 is 0 Å². The minimum absolute atomic E-state index is 0.313. The molecule has 4 heteroatoms. The number of anilines is 1. The summed E-state index contributed by atoms with van der Waals surface area (Å²) in [5, 5.41) is 18.5. The van der Waals surface area contributed by atoms with Gasteiger partial charge >= 0.3 is 0 Å². The number of rotatable bonds is 5. The molecule has 0 aliphatic heterocycles. The largest absolute Gasteiger partial charge is 0.393 e. The van der Waals surface area contributed by atoms with Crippen molar-refractivity contribution in [2.24, 2.45) is 0 Å². The van der Waals surface area contributed by atoms with Gasteiger partial charge in [-0.05, 0) is 31.7 Å². The van der Waals surface area contributed by atoms with Gasteiger partial charge in [0, 0.05) is 18.5 Å². The van der Waals surface area contributed by atoms with Crippen molar-refractivity contribution in [1.82, 2.24) is 0 Å². The summed E-state index contributed by atoms with van der Waals surface area (Å²) in [6, 6.07) is 8.12. The Kier molecular flexibility index (Phi) is 5.33. The number of nitriles is 1. The van der Waals surface area contributed by atoms with Gasteiger partial charge in [-0.25, -0.2) is 0 Å². The summed E-state index contributed by atoms with van der Waals surface area (Å²) in [5.74, 6) is 0. The Labute approximate surface area is 107 Å². The molecule has 0 spiro atoms. The van der Waals surface area contributed by atoms with Crippen LogP contribution in [-0.4, -0.2) is 31.1 Å². The number of aliphatic hydroxyl groups excluding tert-OH is 1. The van der Waals surface area contributed by atoms with E-state index in [1.807, 2.05) is 36.4 Å². The number of benzene rings is 1. The highest BCUT2D eigenvalue weighted by molar-refractivity contribution is 7.98. The molecule has 0 saturated carbocycles. The van der Waals surface area contributed by atoms with E-state index in [-0.39, 0.29) is 6.10 Å². The molecule has 3 nitrogen and oxygen atoms in total. The molecular weight excluding hydrogens is 232 g/mol. The van der Waals surface area contributed by atoms with Gasteiger partial charge in [-0.1, -0.05) is 6.07 Å². The zero-order chi connectivity index (χ0) is 12.8. The highest BCUT2D eigenvalue weighted by Crippen LogP contribution is 2.28. The normalized spacial score (nSPS) is 11.9. The smallest absolute Gasteiger partial charge is 0.102 e. The molecule has 0 saturated heterocycles. The second-order valence-electron chi connectivity index (χ2n) is 4.03. The van der Waals surface area contributed by atoms with E-state index in [0.29, 0.717) is 12.0 Å². The highest BCUT2D eigenvalue weighted by Gasteiger charge is 2.11. The lowest BCUT2D eigenvalue weighted by Crippen LogP contribution is -2.22. The third kappa shape index (κ3) is 3.65. The summed E-state index contributed by atoms with van der Waals surface area (Å²) >= 11 is 1.58. The van der Waals surface area contributed by atoms with Crippen LogP contribution < -0.4 is 4.90 Å². The molecule has 0 bridgehead atoms. The van der Waals surface area contributed by atoms with E-state index in [0.717, 1.165) is 17.1 Å². The van der Waals surface area contributed by atoms with E-state index >= 15 is 0 Å². The quantitative estimate of drug-likeness (QED) is 0.816. The topological polar surface area (TPSA) is 47.3 Å². The first kappa shape index (κ1) is 13.9. The van der Waals surface area contributed by atoms with Crippen molar-refractivity contribution in [2.45, 2.75) is 24.3 Å². The molecule has 0 aliphatic carbocycles. The van der Waals surface area contributed by atoms with Crippen molar-refractivity contribution in [3.8, 4) is 6.07 Å². The summed E-state index contributed by atoms with van der Waals surface area (Å²) in [6.07, 6.45) is 2.35. The molecule has 1 aromatic carbocycles. The summed E-state index contributed by atoms with van der Waals surface area (Å²) in [7, 11) is 1.95. The standard InChI is InChI=1S/C13H18N2OS/c1-10(16)7-8-15(2)12-5-4-6-13(17-3)11(12)9-14/h4-6,10,16H,7-8H2,1-3H3. The van der Waals surface area contributed by atoms with Gasteiger partial charge in [0.25, 0.3) is 0 Å². The van der Waals surface area contributed by atoms with Crippen LogP contribution in [0.25, 0.3) is 0 Å². The van der Waals surface area contributed by atoms with Crippen LogP contribution in [0.4, 0.5) is 5.69 Å². The summed E-state index contributed by atoms with van der Waals surface area (Å²) in [5.41, 5.74) is 1.65. The minimum Gasteiger partial charge on any atom is -0.393 e. The van der Waals surface area contributed by atoms with Crippen molar-refractivity contribution in [3.63, 3.8) is 0 Å². The summed E-state index contributed by atoms with van der Waals surface area (Å²) in [4.78, 5) is 3.01. The van der Waals surface area contributed by atoms with Gasteiger partial charge in [-0.2, -0.15) is 5.26 Å². The molecule has 1 aromatic rings. The highest BCUT2D eigenvalue weighted by atomic mass is 32.2. The van der Waals surface area contributed by atoms with Crippen molar-refractivity contribution in [3.05, 3.63) is 23.8 Å². The van der Waals surface area contributed by atoms with Gasteiger partial charge in [-0.3, -0.25) is 0 Å². The van der Waals surface area contributed by atoms with Gasteiger partial charge in [0.2, 0.25) is 0 Å². The molecule has 92 valence electrons. The van der Waals surface area contributed by atoms with Crippen LogP contribution in [0.3, 0.4) is 0 Å². The fraction of sp³-hybridized carbons (Fsp3) is 0.462. The fourth-order valence-electron chi connectivity index (χ4n) is 1.62. The second-order valence-corrected chi connectivity index (χ2v) is 4.87. The van der Waals surface area contributed by atoms with Gasteiger partial charge in [0.15, 0.2) is 0 Å². The summed E-state index contributed by atoms with van der Waals surface area (Å²) in [6.45, 7) is 2.52. The zero-order valence-corrected chi connectivity index (χ0v) is 11.3. The van der Waals surface area contributed by atoms with Crippen molar-refractivity contribution < 1.29 is 5.11 Å². The molecule has 0 fully saturated rings. The maximum atomic E-state index is 9.28. The molecule has 1 N–H and O–H groups in total. The van der Waals surface area contributed by atoms with Gasteiger partial charge in [0.05, 0.1) is 17.4 Å². The van der Waals surface area contributed by atoms with Crippen molar-refractivity contribution in [2.75, 3.05) is 24.7 Å². The molecule has 1 atom stereocenters. The first-order chi connectivity index (χ1) is 8.10. The van der Waals surface area contributed by atoms with Gasteiger partial charge in [-0.15, -0.1) is 11.8 Å². The molecule has 0 aromatic heterocycles. The number of aliphatic hydroxyl groups is 1. The molecule has 0 heterocycles. The first-order valence-corrected chi connectivity index (χ1v) is 6.79. The SMILES string of the molecule is CSc1cccc(N(C)CCC(C)O)c1C#N. The van der Waals surface area contributed by atoms with Crippen LogP contribution >= 0.6 is 11.8 Å².